The third-order valence-corrected chi connectivity index (χ3v) is 4.82. The minimum absolute atomic E-state index is 0.0874. The highest BCUT2D eigenvalue weighted by molar-refractivity contribution is 7.89. The fourth-order valence-electron chi connectivity index (χ4n) is 1.78. The van der Waals surface area contributed by atoms with E-state index in [9.17, 15) is 8.42 Å². The van der Waals surface area contributed by atoms with Crippen LogP contribution in [0, 0.1) is 0 Å². The molecule has 1 aliphatic rings. The summed E-state index contributed by atoms with van der Waals surface area (Å²) in [6, 6.07) is 4.08. The molecule has 8 heteroatoms. The second kappa shape index (κ2) is 5.72. The van der Waals surface area contributed by atoms with E-state index >= 15 is 0 Å². The zero-order valence-corrected chi connectivity index (χ0v) is 12.3. The molecule has 1 aromatic carbocycles. The molecular formula is C11H13ClN2O3S2. The van der Waals surface area contributed by atoms with Gasteiger partial charge in [-0.25, -0.2) is 13.1 Å². The van der Waals surface area contributed by atoms with Crippen molar-refractivity contribution in [3.05, 3.63) is 28.8 Å². The fourth-order valence-corrected chi connectivity index (χ4v) is 3.64. The number of thiocarbonyl (C=S) groups is 1. The topological polar surface area (TPSA) is 81.4 Å². The molecule has 1 fully saturated rings. The molecule has 3 N–H and O–H groups in total. The van der Waals surface area contributed by atoms with Gasteiger partial charge < -0.3 is 10.5 Å². The van der Waals surface area contributed by atoms with E-state index in [0.29, 0.717) is 25.2 Å². The Morgan fingerprint density at radius 2 is 2.26 bits per heavy atom. The molecule has 2 rings (SSSR count). The van der Waals surface area contributed by atoms with E-state index < -0.39 is 10.0 Å². The van der Waals surface area contributed by atoms with Crippen molar-refractivity contribution in [1.29, 1.82) is 0 Å². The number of nitrogens with one attached hydrogen (secondary N) is 1. The van der Waals surface area contributed by atoms with Gasteiger partial charge in [-0.2, -0.15) is 0 Å². The quantitative estimate of drug-likeness (QED) is 0.810. The molecule has 1 saturated heterocycles. The summed E-state index contributed by atoms with van der Waals surface area (Å²) in [6.45, 7) is 0.951. The third-order valence-electron chi connectivity index (χ3n) is 2.77. The summed E-state index contributed by atoms with van der Waals surface area (Å²) in [4.78, 5) is 0.218. The van der Waals surface area contributed by atoms with Gasteiger partial charge >= 0.3 is 0 Å². The Bertz CT molecular complexity index is 598. The van der Waals surface area contributed by atoms with Gasteiger partial charge in [0.05, 0.1) is 16.5 Å². The van der Waals surface area contributed by atoms with E-state index in [1.165, 1.54) is 18.2 Å². The number of sulfonamides is 1. The summed E-state index contributed by atoms with van der Waals surface area (Å²) in [7, 11) is -3.61. The Kier molecular flexibility index (Phi) is 4.42. The third kappa shape index (κ3) is 3.43. The number of hydrogen-bond donors (Lipinski definition) is 2. The van der Waals surface area contributed by atoms with Gasteiger partial charge in [0, 0.05) is 18.2 Å². The summed E-state index contributed by atoms with van der Waals surface area (Å²) in [6.07, 6.45) is 0.665. The van der Waals surface area contributed by atoms with Crippen LogP contribution in [0.4, 0.5) is 0 Å². The number of halogens is 1. The van der Waals surface area contributed by atoms with Gasteiger partial charge in [-0.15, -0.1) is 0 Å². The summed E-state index contributed by atoms with van der Waals surface area (Å²) in [5.74, 6) is 0. The van der Waals surface area contributed by atoms with E-state index in [-0.39, 0.29) is 20.9 Å². The molecule has 1 unspecified atom stereocenters. The average molecular weight is 321 g/mol. The van der Waals surface area contributed by atoms with Gasteiger partial charge in [-0.3, -0.25) is 0 Å². The minimum atomic E-state index is -3.61. The number of ether oxygens (including phenoxy) is 1. The van der Waals surface area contributed by atoms with Crippen LogP contribution in [0.15, 0.2) is 23.1 Å². The zero-order valence-electron chi connectivity index (χ0n) is 9.93. The highest BCUT2D eigenvalue weighted by atomic mass is 35.5. The van der Waals surface area contributed by atoms with Gasteiger partial charge in [0.2, 0.25) is 10.0 Å². The molecule has 19 heavy (non-hydrogen) atoms. The highest BCUT2D eigenvalue weighted by Gasteiger charge is 2.24. The van der Waals surface area contributed by atoms with Crippen molar-refractivity contribution in [3.63, 3.8) is 0 Å². The van der Waals surface area contributed by atoms with Crippen LogP contribution < -0.4 is 10.5 Å². The zero-order chi connectivity index (χ0) is 14.0. The van der Waals surface area contributed by atoms with Gasteiger partial charge in [-0.1, -0.05) is 23.8 Å². The fraction of sp³-hybridized carbons (Fsp3) is 0.364. The van der Waals surface area contributed by atoms with Crippen molar-refractivity contribution in [2.24, 2.45) is 5.73 Å². The predicted molar refractivity (Wildman–Crippen MR) is 76.9 cm³/mol. The van der Waals surface area contributed by atoms with E-state index in [2.05, 4.69) is 4.72 Å². The average Bonchev–Trinajstić information content (AvgIpc) is 2.80. The molecule has 104 valence electrons. The maximum absolute atomic E-state index is 12.1. The molecule has 1 aliphatic heterocycles. The lowest BCUT2D eigenvalue weighted by molar-refractivity contribution is 0.192. The molecule has 0 spiro atoms. The van der Waals surface area contributed by atoms with Crippen LogP contribution in [0.2, 0.25) is 5.02 Å². The monoisotopic (exact) mass is 320 g/mol. The first-order valence-electron chi connectivity index (χ1n) is 5.59. The molecule has 5 nitrogen and oxygen atoms in total. The SMILES string of the molecule is NC(=S)c1ccc(S(=O)(=O)NC2CCOC2)cc1Cl. The first kappa shape index (κ1) is 14.7. The molecule has 0 saturated carbocycles. The van der Waals surface area contributed by atoms with Crippen LogP contribution in [0.5, 0.6) is 0 Å². The minimum Gasteiger partial charge on any atom is -0.389 e. The van der Waals surface area contributed by atoms with Gasteiger partial charge in [-0.05, 0) is 24.6 Å². The van der Waals surface area contributed by atoms with Gasteiger partial charge in [0.15, 0.2) is 0 Å². The van der Waals surface area contributed by atoms with Crippen LogP contribution in [0.3, 0.4) is 0 Å². The smallest absolute Gasteiger partial charge is 0.240 e. The highest BCUT2D eigenvalue weighted by Crippen LogP contribution is 2.21. The summed E-state index contributed by atoms with van der Waals surface area (Å²) in [5.41, 5.74) is 5.93. The van der Waals surface area contributed by atoms with Crippen LogP contribution in [0.25, 0.3) is 0 Å². The van der Waals surface area contributed by atoms with Crippen molar-refractivity contribution in [2.75, 3.05) is 13.2 Å². The Morgan fingerprint density at radius 1 is 1.53 bits per heavy atom. The van der Waals surface area contributed by atoms with Gasteiger partial charge in [0.25, 0.3) is 0 Å². The van der Waals surface area contributed by atoms with Crippen molar-refractivity contribution in [1.82, 2.24) is 4.72 Å². The Labute approximate surface area is 122 Å². The first-order chi connectivity index (χ1) is 8.90. The number of rotatable bonds is 4. The first-order valence-corrected chi connectivity index (χ1v) is 7.86. The van der Waals surface area contributed by atoms with Crippen molar-refractivity contribution in [2.45, 2.75) is 17.4 Å². The standard InChI is InChI=1S/C11H13ClN2O3S2/c12-10-5-8(1-2-9(10)11(13)18)19(15,16)14-7-3-4-17-6-7/h1-2,5,7,14H,3-4,6H2,(H2,13,18). The second-order valence-electron chi connectivity index (χ2n) is 4.19. The van der Waals surface area contributed by atoms with E-state index in [1.807, 2.05) is 0 Å². The molecule has 1 atom stereocenters. The maximum Gasteiger partial charge on any atom is 0.240 e. The Balaban J connectivity index is 2.25. The van der Waals surface area contributed by atoms with Crippen LogP contribution in [-0.2, 0) is 14.8 Å². The van der Waals surface area contributed by atoms with Gasteiger partial charge in [0.1, 0.15) is 4.99 Å². The van der Waals surface area contributed by atoms with Crippen LogP contribution in [-0.4, -0.2) is 32.7 Å². The molecular weight excluding hydrogens is 308 g/mol. The Hall–Kier alpha value is -0.730. The van der Waals surface area contributed by atoms with E-state index in [4.69, 9.17) is 34.3 Å². The molecule has 0 bridgehead atoms. The molecule has 0 radical (unpaired) electrons. The lowest BCUT2D eigenvalue weighted by Crippen LogP contribution is -2.35. The second-order valence-corrected chi connectivity index (χ2v) is 6.75. The van der Waals surface area contributed by atoms with E-state index in [0.717, 1.165) is 0 Å². The number of nitrogens with two attached hydrogens (primary N) is 1. The summed E-state index contributed by atoms with van der Waals surface area (Å²) < 4.78 is 32.0. The molecule has 1 aromatic rings. The summed E-state index contributed by atoms with van der Waals surface area (Å²) in [5, 5.41) is 0.220. The van der Waals surface area contributed by atoms with Crippen molar-refractivity contribution < 1.29 is 13.2 Å². The molecule has 1 heterocycles. The normalized spacial score (nSPS) is 19.5. The maximum atomic E-state index is 12.1. The van der Waals surface area contributed by atoms with Crippen molar-refractivity contribution >= 4 is 38.8 Å². The molecule has 0 amide bonds. The molecule has 0 aromatic heterocycles. The predicted octanol–water partition coefficient (Wildman–Crippen LogP) is 1.04. The van der Waals surface area contributed by atoms with Crippen LogP contribution in [0.1, 0.15) is 12.0 Å². The Morgan fingerprint density at radius 3 is 2.79 bits per heavy atom. The largest absolute Gasteiger partial charge is 0.389 e. The summed E-state index contributed by atoms with van der Waals surface area (Å²) >= 11 is 10.8. The lowest BCUT2D eigenvalue weighted by atomic mass is 10.2. The van der Waals surface area contributed by atoms with Crippen LogP contribution >= 0.6 is 23.8 Å². The molecule has 0 aliphatic carbocycles. The number of benzene rings is 1. The number of hydrogen-bond acceptors (Lipinski definition) is 4. The van der Waals surface area contributed by atoms with E-state index in [1.54, 1.807) is 0 Å². The van der Waals surface area contributed by atoms with Crippen molar-refractivity contribution in [3.8, 4) is 0 Å². The lowest BCUT2D eigenvalue weighted by Gasteiger charge is -2.12.